The van der Waals surface area contributed by atoms with E-state index >= 15 is 0 Å². The molecule has 0 aliphatic rings. The molecule has 0 amide bonds. The highest BCUT2D eigenvalue weighted by atomic mass is 14.2. The van der Waals surface area contributed by atoms with Crippen molar-refractivity contribution in [2.24, 2.45) is 22.7 Å². The third-order valence-electron chi connectivity index (χ3n) is 2.75. The smallest absolute Gasteiger partial charge is 0.0360 e. The van der Waals surface area contributed by atoms with Crippen molar-refractivity contribution < 1.29 is 0 Å². The van der Waals surface area contributed by atoms with Crippen molar-refractivity contribution in [1.82, 2.24) is 0 Å². The minimum atomic E-state index is 0.500. The van der Waals surface area contributed by atoms with Crippen molar-refractivity contribution in [3.63, 3.8) is 0 Å². The van der Waals surface area contributed by atoms with Crippen LogP contribution < -0.4 is 0 Å². The summed E-state index contributed by atoms with van der Waals surface area (Å²) >= 11 is 0. The fourth-order valence-electron chi connectivity index (χ4n) is 1.22. The second-order valence-electron chi connectivity index (χ2n) is 7.68. The quantitative estimate of drug-likeness (QED) is 0.520. The predicted octanol–water partition coefficient (Wildman–Crippen LogP) is 5.77. The van der Waals surface area contributed by atoms with E-state index in [0.717, 1.165) is 11.8 Å². The number of rotatable bonds is 1. The Hall–Kier alpha value is 0. The van der Waals surface area contributed by atoms with Gasteiger partial charge in [0.15, 0.2) is 0 Å². The Morgan fingerprint density at radius 1 is 0.733 bits per heavy atom. The summed E-state index contributed by atoms with van der Waals surface area (Å²) in [5, 5.41) is 0. The fourth-order valence-corrected chi connectivity index (χ4v) is 1.22. The van der Waals surface area contributed by atoms with Crippen LogP contribution >= 0.6 is 0 Å². The lowest BCUT2D eigenvalue weighted by Gasteiger charge is -2.22. The van der Waals surface area contributed by atoms with Crippen LogP contribution in [0.25, 0.3) is 0 Å². The van der Waals surface area contributed by atoms with Gasteiger partial charge in [-0.25, -0.2) is 0 Å². The highest BCUT2D eigenvalue weighted by Crippen LogP contribution is 2.24. The molecule has 0 spiro atoms. The summed E-state index contributed by atoms with van der Waals surface area (Å²) in [6.07, 6.45) is 1.33. The molecule has 0 unspecified atom stereocenters. The van der Waals surface area contributed by atoms with E-state index in [1.165, 1.54) is 6.42 Å². The first-order valence-corrected chi connectivity index (χ1v) is 6.36. The summed E-state index contributed by atoms with van der Waals surface area (Å²) in [5.41, 5.74) is 1.02. The Morgan fingerprint density at radius 3 is 1.00 bits per heavy atom. The van der Waals surface area contributed by atoms with E-state index in [9.17, 15) is 0 Å². The van der Waals surface area contributed by atoms with Gasteiger partial charge in [0.1, 0.15) is 0 Å². The van der Waals surface area contributed by atoms with Crippen LogP contribution in [0.5, 0.6) is 0 Å². The predicted molar refractivity (Wildman–Crippen MR) is 73.2 cm³/mol. The molecule has 0 atom stereocenters. The summed E-state index contributed by atoms with van der Waals surface area (Å²) in [5.74, 6) is 1.64. The van der Waals surface area contributed by atoms with Crippen molar-refractivity contribution in [2.75, 3.05) is 0 Å². The zero-order chi connectivity index (χ0) is 12.9. The molecule has 0 aromatic carbocycles. The van der Waals surface area contributed by atoms with E-state index in [0.29, 0.717) is 10.8 Å². The van der Waals surface area contributed by atoms with Crippen LogP contribution in [0.1, 0.15) is 75.7 Å². The van der Waals surface area contributed by atoms with Gasteiger partial charge in [-0.05, 0) is 29.1 Å². The molecule has 0 radical (unpaired) electrons. The molecule has 0 nitrogen and oxygen atoms in total. The van der Waals surface area contributed by atoms with Crippen LogP contribution in [0.2, 0.25) is 0 Å². The molecule has 0 aliphatic heterocycles. The molecule has 0 saturated carbocycles. The Bertz CT molecular complexity index is 138. The zero-order valence-corrected chi connectivity index (χ0v) is 12.9. The van der Waals surface area contributed by atoms with Gasteiger partial charge in [0.05, 0.1) is 0 Å². The summed E-state index contributed by atoms with van der Waals surface area (Å²) in [7, 11) is 0. The molecular weight excluding hydrogens is 180 g/mol. The van der Waals surface area contributed by atoms with Crippen LogP contribution in [0.15, 0.2) is 0 Å². The first kappa shape index (κ1) is 17.4. The lowest BCUT2D eigenvalue weighted by Crippen LogP contribution is -2.12. The molecular formula is C15H34. The van der Waals surface area contributed by atoms with Crippen LogP contribution in [0.3, 0.4) is 0 Å². The summed E-state index contributed by atoms with van der Waals surface area (Å²) in [6.45, 7) is 22.7. The third-order valence-corrected chi connectivity index (χ3v) is 2.75. The molecule has 0 saturated heterocycles. The molecule has 0 aromatic rings. The van der Waals surface area contributed by atoms with Gasteiger partial charge in [-0.15, -0.1) is 0 Å². The molecule has 0 aromatic heterocycles. The maximum atomic E-state index is 2.28. The first-order chi connectivity index (χ1) is 6.36. The monoisotopic (exact) mass is 214 g/mol. The Balaban J connectivity index is 0. The van der Waals surface area contributed by atoms with Crippen LogP contribution in [-0.4, -0.2) is 0 Å². The SMILES string of the molecule is CC(C)C(C)(C)C.CC(C)CC(C)(C)C. The molecule has 94 valence electrons. The van der Waals surface area contributed by atoms with Gasteiger partial charge >= 0.3 is 0 Å². The lowest BCUT2D eigenvalue weighted by atomic mass is 9.84. The molecule has 15 heavy (non-hydrogen) atoms. The first-order valence-electron chi connectivity index (χ1n) is 6.36. The fraction of sp³-hybridized carbons (Fsp3) is 1.00. The van der Waals surface area contributed by atoms with Crippen molar-refractivity contribution in [3.05, 3.63) is 0 Å². The van der Waals surface area contributed by atoms with Gasteiger partial charge in [-0.2, -0.15) is 0 Å². The van der Waals surface area contributed by atoms with Crippen molar-refractivity contribution in [1.29, 1.82) is 0 Å². The number of hydrogen-bond donors (Lipinski definition) is 0. The van der Waals surface area contributed by atoms with E-state index in [2.05, 4.69) is 69.2 Å². The van der Waals surface area contributed by atoms with E-state index in [1.54, 1.807) is 0 Å². The van der Waals surface area contributed by atoms with E-state index in [1.807, 2.05) is 0 Å². The van der Waals surface area contributed by atoms with Gasteiger partial charge in [-0.3, -0.25) is 0 Å². The van der Waals surface area contributed by atoms with Gasteiger partial charge in [0.25, 0.3) is 0 Å². The minimum absolute atomic E-state index is 0.500. The molecule has 0 aliphatic carbocycles. The molecule has 0 N–H and O–H groups in total. The summed E-state index contributed by atoms with van der Waals surface area (Å²) in [4.78, 5) is 0. The molecule has 0 bridgehead atoms. The molecule has 0 heterocycles. The van der Waals surface area contributed by atoms with Crippen molar-refractivity contribution in [3.8, 4) is 0 Å². The van der Waals surface area contributed by atoms with E-state index < -0.39 is 0 Å². The van der Waals surface area contributed by atoms with Crippen LogP contribution in [-0.2, 0) is 0 Å². The van der Waals surface area contributed by atoms with Gasteiger partial charge in [0, 0.05) is 0 Å². The molecule has 0 rings (SSSR count). The summed E-state index contributed by atoms with van der Waals surface area (Å²) < 4.78 is 0. The third kappa shape index (κ3) is 16.7. The highest BCUT2D eigenvalue weighted by Gasteiger charge is 2.13. The van der Waals surface area contributed by atoms with E-state index in [4.69, 9.17) is 0 Å². The van der Waals surface area contributed by atoms with Gasteiger partial charge < -0.3 is 0 Å². The van der Waals surface area contributed by atoms with Crippen molar-refractivity contribution >= 4 is 0 Å². The Kier molecular flexibility index (Phi) is 7.60. The minimum Gasteiger partial charge on any atom is -0.0628 e. The van der Waals surface area contributed by atoms with Crippen molar-refractivity contribution in [2.45, 2.75) is 75.7 Å². The van der Waals surface area contributed by atoms with E-state index in [-0.39, 0.29) is 0 Å². The number of hydrogen-bond acceptors (Lipinski definition) is 0. The average Bonchev–Trinajstić information content (AvgIpc) is 1.78. The maximum Gasteiger partial charge on any atom is -0.0360 e. The van der Waals surface area contributed by atoms with Crippen LogP contribution in [0.4, 0.5) is 0 Å². The van der Waals surface area contributed by atoms with Gasteiger partial charge in [0.2, 0.25) is 0 Å². The standard InChI is InChI=1S/C8H18.C7H16/c1-7(2)6-8(3,4)5;1-6(2)7(3,4)5/h7H,6H2,1-5H3;6H,1-5H3. The normalized spacial score (nSPS) is 12.8. The second kappa shape index (κ2) is 6.55. The maximum absolute atomic E-state index is 2.28. The second-order valence-corrected chi connectivity index (χ2v) is 7.68. The topological polar surface area (TPSA) is 0 Å². The Morgan fingerprint density at radius 2 is 1.00 bits per heavy atom. The summed E-state index contributed by atoms with van der Waals surface area (Å²) in [6, 6.07) is 0. The lowest BCUT2D eigenvalue weighted by molar-refractivity contribution is 0.283. The largest absolute Gasteiger partial charge is 0.0628 e. The highest BCUT2D eigenvalue weighted by molar-refractivity contribution is 4.64. The molecule has 0 fully saturated rings. The Labute approximate surface area is 98.9 Å². The zero-order valence-electron chi connectivity index (χ0n) is 12.9. The molecule has 0 heteroatoms. The van der Waals surface area contributed by atoms with Crippen LogP contribution in [0, 0.1) is 22.7 Å². The van der Waals surface area contributed by atoms with Gasteiger partial charge in [-0.1, -0.05) is 69.2 Å². The average molecular weight is 214 g/mol.